The molecule has 204 valence electrons. The second-order valence-corrected chi connectivity index (χ2v) is 9.75. The van der Waals surface area contributed by atoms with Gasteiger partial charge in [0.15, 0.2) is 5.82 Å². The van der Waals surface area contributed by atoms with Crippen molar-refractivity contribution in [3.05, 3.63) is 24.2 Å². The summed E-state index contributed by atoms with van der Waals surface area (Å²) >= 11 is 0. The third-order valence-corrected chi connectivity index (χ3v) is 7.39. The molecular formula is C20H30N7O9P. The van der Waals surface area contributed by atoms with Crippen LogP contribution in [-0.2, 0) is 32.9 Å². The van der Waals surface area contributed by atoms with Crippen LogP contribution in [0.4, 0.5) is 5.82 Å². The summed E-state index contributed by atoms with van der Waals surface area (Å²) in [5.41, 5.74) is 3.90. The first-order valence-corrected chi connectivity index (χ1v) is 12.4. The molecule has 0 aliphatic carbocycles. The minimum Gasteiger partial charge on any atom is -0.468 e. The molecular weight excluding hydrogens is 513 g/mol. The van der Waals surface area contributed by atoms with E-state index in [1.165, 1.54) is 30.5 Å². The second kappa shape index (κ2) is 12.4. The summed E-state index contributed by atoms with van der Waals surface area (Å²) < 4.78 is 34.7. The van der Waals surface area contributed by atoms with Crippen LogP contribution in [0.1, 0.15) is 25.6 Å². The standard InChI is InChI=1S/C20H30N7O9P/c1-11(18(30)33-3)25-37(32,26-12(2)19(31)34-4)36-9-20(8-21,35-5)16(29)15(28)13-6-7-14-17(22)23-10-24-27(13)14/h6-7,10-12,15-16,28-29H,9H2,1-5H3,(H2,22,23,24)(H2,25,26,32)/t11-,12-,15-,16-,20+/m0/s1. The van der Waals surface area contributed by atoms with Crippen LogP contribution < -0.4 is 15.9 Å². The van der Waals surface area contributed by atoms with E-state index in [1.54, 1.807) is 6.07 Å². The van der Waals surface area contributed by atoms with Crippen molar-refractivity contribution in [2.75, 3.05) is 33.7 Å². The number of aromatic nitrogens is 3. The molecule has 2 heterocycles. The smallest absolute Gasteiger partial charge is 0.342 e. The Labute approximate surface area is 212 Å². The molecule has 37 heavy (non-hydrogen) atoms. The molecule has 0 spiro atoms. The number of rotatable bonds is 13. The van der Waals surface area contributed by atoms with Gasteiger partial charge in [0.1, 0.15) is 48.8 Å². The molecule has 0 saturated carbocycles. The maximum atomic E-state index is 13.6. The highest BCUT2D eigenvalue weighted by molar-refractivity contribution is 7.54. The fourth-order valence-corrected chi connectivity index (χ4v) is 5.12. The second-order valence-electron chi connectivity index (χ2n) is 7.87. The first-order valence-electron chi connectivity index (χ1n) is 10.7. The number of nitriles is 1. The molecule has 0 saturated heterocycles. The molecule has 0 bridgehead atoms. The largest absolute Gasteiger partial charge is 0.468 e. The van der Waals surface area contributed by atoms with E-state index in [4.69, 9.17) is 15.0 Å². The van der Waals surface area contributed by atoms with Crippen LogP contribution >= 0.6 is 7.67 Å². The molecule has 5 atom stereocenters. The summed E-state index contributed by atoms with van der Waals surface area (Å²) in [6, 6.07) is 2.29. The summed E-state index contributed by atoms with van der Waals surface area (Å²) in [6.45, 7) is 1.76. The van der Waals surface area contributed by atoms with Crippen LogP contribution in [0, 0.1) is 11.3 Å². The molecule has 0 amide bonds. The summed E-state index contributed by atoms with van der Waals surface area (Å²) in [5.74, 6) is -1.49. The Morgan fingerprint density at radius 2 is 1.76 bits per heavy atom. The van der Waals surface area contributed by atoms with E-state index in [0.29, 0.717) is 5.52 Å². The van der Waals surface area contributed by atoms with Gasteiger partial charge in [0.25, 0.3) is 0 Å². The van der Waals surface area contributed by atoms with Crippen molar-refractivity contribution in [2.45, 2.75) is 43.7 Å². The minimum absolute atomic E-state index is 0.0475. The lowest BCUT2D eigenvalue weighted by Gasteiger charge is -2.34. The Kier molecular flexibility index (Phi) is 10.1. The molecule has 2 rings (SSSR count). The predicted molar refractivity (Wildman–Crippen MR) is 127 cm³/mol. The number of nitrogens with zero attached hydrogens (tertiary/aromatic N) is 4. The number of aliphatic hydroxyl groups excluding tert-OH is 2. The summed E-state index contributed by atoms with van der Waals surface area (Å²) in [6.07, 6.45) is -2.59. The third-order valence-electron chi connectivity index (χ3n) is 5.44. The summed E-state index contributed by atoms with van der Waals surface area (Å²) in [4.78, 5) is 27.6. The number of carbonyl (C=O) groups is 2. The van der Waals surface area contributed by atoms with Crippen LogP contribution in [-0.4, -0.2) is 88.5 Å². The van der Waals surface area contributed by atoms with Gasteiger partial charge >= 0.3 is 19.6 Å². The van der Waals surface area contributed by atoms with Gasteiger partial charge in [-0.3, -0.25) is 14.2 Å². The molecule has 0 unspecified atom stereocenters. The highest BCUT2D eigenvalue weighted by Gasteiger charge is 2.47. The number of esters is 2. The Bertz CT molecular complexity index is 1170. The summed E-state index contributed by atoms with van der Waals surface area (Å²) in [7, 11) is -1.03. The van der Waals surface area contributed by atoms with Crippen molar-refractivity contribution in [1.82, 2.24) is 24.8 Å². The van der Waals surface area contributed by atoms with Gasteiger partial charge in [0.05, 0.1) is 19.9 Å². The molecule has 16 nitrogen and oxygen atoms in total. The van der Waals surface area contributed by atoms with Crippen molar-refractivity contribution < 1.29 is 43.1 Å². The van der Waals surface area contributed by atoms with Gasteiger partial charge in [-0.15, -0.1) is 0 Å². The van der Waals surface area contributed by atoms with Crippen LogP contribution in [0.2, 0.25) is 0 Å². The van der Waals surface area contributed by atoms with Crippen molar-refractivity contribution in [3.8, 4) is 6.07 Å². The molecule has 0 aliphatic rings. The maximum Gasteiger partial charge on any atom is 0.342 e. The number of nitrogen functional groups attached to an aromatic ring is 1. The van der Waals surface area contributed by atoms with E-state index in [1.807, 2.05) is 0 Å². The first kappa shape index (κ1) is 30.1. The number of ether oxygens (including phenoxy) is 3. The van der Waals surface area contributed by atoms with E-state index < -0.39 is 56.1 Å². The highest BCUT2D eigenvalue weighted by atomic mass is 31.2. The number of carbonyl (C=O) groups excluding carboxylic acids is 2. The fraction of sp³-hybridized carbons (Fsp3) is 0.550. The van der Waals surface area contributed by atoms with Gasteiger partial charge < -0.3 is 34.7 Å². The monoisotopic (exact) mass is 543 g/mol. The van der Waals surface area contributed by atoms with E-state index in [9.17, 15) is 29.6 Å². The third kappa shape index (κ3) is 6.59. The van der Waals surface area contributed by atoms with Crippen molar-refractivity contribution >= 4 is 30.9 Å². The molecule has 17 heteroatoms. The lowest BCUT2D eigenvalue weighted by atomic mass is 9.93. The molecule has 0 aromatic carbocycles. The lowest BCUT2D eigenvalue weighted by Crippen LogP contribution is -2.51. The molecule has 2 aromatic heterocycles. The van der Waals surface area contributed by atoms with Crippen LogP contribution in [0.3, 0.4) is 0 Å². The Hall–Kier alpha value is -3.16. The first-order chi connectivity index (χ1) is 17.4. The van der Waals surface area contributed by atoms with E-state index in [-0.39, 0.29) is 11.5 Å². The molecule has 0 radical (unpaired) electrons. The molecule has 6 N–H and O–H groups in total. The Balaban J connectivity index is 2.36. The fourth-order valence-electron chi connectivity index (χ4n) is 3.29. The maximum absolute atomic E-state index is 13.6. The Morgan fingerprint density at radius 3 is 2.24 bits per heavy atom. The van der Waals surface area contributed by atoms with Gasteiger partial charge in [-0.25, -0.2) is 19.7 Å². The zero-order valence-corrected chi connectivity index (χ0v) is 21.7. The van der Waals surface area contributed by atoms with Gasteiger partial charge in [-0.2, -0.15) is 10.4 Å². The zero-order valence-electron chi connectivity index (χ0n) is 20.8. The molecule has 0 fully saturated rings. The van der Waals surface area contributed by atoms with E-state index in [2.05, 4.69) is 29.7 Å². The number of nitrogens with two attached hydrogens (primary N) is 1. The van der Waals surface area contributed by atoms with Crippen molar-refractivity contribution in [3.63, 3.8) is 0 Å². The van der Waals surface area contributed by atoms with E-state index in [0.717, 1.165) is 27.7 Å². The number of aliphatic hydroxyl groups is 2. The zero-order chi connectivity index (χ0) is 28.0. The van der Waals surface area contributed by atoms with Gasteiger partial charge in [-0.1, -0.05) is 0 Å². The highest BCUT2D eigenvalue weighted by Crippen LogP contribution is 2.41. The Morgan fingerprint density at radius 1 is 1.19 bits per heavy atom. The van der Waals surface area contributed by atoms with Crippen LogP contribution in [0.5, 0.6) is 0 Å². The van der Waals surface area contributed by atoms with Crippen molar-refractivity contribution in [1.29, 1.82) is 5.26 Å². The minimum atomic E-state index is -4.33. The number of hydrogen-bond donors (Lipinski definition) is 5. The van der Waals surface area contributed by atoms with Crippen LogP contribution in [0.15, 0.2) is 18.5 Å². The number of anilines is 1. The average Bonchev–Trinajstić information content (AvgIpc) is 3.33. The number of hydrogen-bond acceptors (Lipinski definition) is 13. The van der Waals surface area contributed by atoms with Gasteiger partial charge in [0, 0.05) is 7.11 Å². The lowest BCUT2D eigenvalue weighted by molar-refractivity contribution is -0.142. The number of methoxy groups -OCH3 is 3. The van der Waals surface area contributed by atoms with E-state index >= 15 is 0 Å². The predicted octanol–water partition coefficient (Wildman–Crippen LogP) is -0.959. The average molecular weight is 543 g/mol. The normalized spacial score (nSPS) is 16.7. The SMILES string of the molecule is COC(=O)[C@H](C)NP(=O)(N[C@@H](C)C(=O)OC)OC[C@@](C#N)(OC)[C@@H](O)[C@@H](O)c1ccc2c(N)ncnn12. The molecule has 0 aliphatic heterocycles. The number of nitrogens with one attached hydrogen (secondary N) is 2. The topological polar surface area (TPSA) is 233 Å². The number of fused-ring (bicyclic) bond motifs is 1. The molecule has 2 aromatic rings. The summed E-state index contributed by atoms with van der Waals surface area (Å²) in [5, 5.41) is 40.6. The quantitative estimate of drug-likeness (QED) is 0.151. The van der Waals surface area contributed by atoms with Crippen molar-refractivity contribution in [2.24, 2.45) is 0 Å². The van der Waals surface area contributed by atoms with Gasteiger partial charge in [0.2, 0.25) is 5.60 Å². The van der Waals surface area contributed by atoms with Crippen LogP contribution in [0.25, 0.3) is 5.52 Å². The van der Waals surface area contributed by atoms with Gasteiger partial charge in [-0.05, 0) is 26.0 Å².